The van der Waals surface area contributed by atoms with Gasteiger partial charge in [0.15, 0.2) is 0 Å². The van der Waals surface area contributed by atoms with Gasteiger partial charge in [0, 0.05) is 5.56 Å². The van der Waals surface area contributed by atoms with E-state index in [0.29, 0.717) is 0 Å². The SMILES string of the molecule is CCCCCc1ncnc(O)c1CCCCC. The predicted molar refractivity (Wildman–Crippen MR) is 70.2 cm³/mol. The molecular weight excluding hydrogens is 212 g/mol. The van der Waals surface area contributed by atoms with Crippen molar-refractivity contribution in [2.45, 2.75) is 65.2 Å². The van der Waals surface area contributed by atoms with Crippen LogP contribution in [0.4, 0.5) is 0 Å². The first kappa shape index (κ1) is 13.9. The van der Waals surface area contributed by atoms with Crippen molar-refractivity contribution in [3.8, 4) is 5.88 Å². The van der Waals surface area contributed by atoms with E-state index < -0.39 is 0 Å². The van der Waals surface area contributed by atoms with Crippen LogP contribution in [0.25, 0.3) is 0 Å². The van der Waals surface area contributed by atoms with E-state index in [4.69, 9.17) is 0 Å². The Morgan fingerprint density at radius 2 is 1.59 bits per heavy atom. The fourth-order valence-corrected chi connectivity index (χ4v) is 2.00. The van der Waals surface area contributed by atoms with E-state index >= 15 is 0 Å². The Bertz CT molecular complexity index is 326. The molecule has 3 heteroatoms. The van der Waals surface area contributed by atoms with E-state index in [1.54, 1.807) is 0 Å². The van der Waals surface area contributed by atoms with Gasteiger partial charge in [-0.25, -0.2) is 9.97 Å². The first-order valence-corrected chi connectivity index (χ1v) is 6.81. The quantitative estimate of drug-likeness (QED) is 0.701. The summed E-state index contributed by atoms with van der Waals surface area (Å²) in [5, 5.41) is 9.80. The highest BCUT2D eigenvalue weighted by Gasteiger charge is 2.09. The van der Waals surface area contributed by atoms with Crippen LogP contribution in [-0.4, -0.2) is 15.1 Å². The van der Waals surface area contributed by atoms with Gasteiger partial charge >= 0.3 is 0 Å². The third-order valence-electron chi connectivity index (χ3n) is 3.06. The Morgan fingerprint density at radius 3 is 2.24 bits per heavy atom. The van der Waals surface area contributed by atoms with Crippen molar-refractivity contribution in [2.24, 2.45) is 0 Å². The molecule has 0 bridgehead atoms. The molecule has 0 radical (unpaired) electrons. The summed E-state index contributed by atoms with van der Waals surface area (Å²) in [4.78, 5) is 8.21. The normalized spacial score (nSPS) is 10.7. The van der Waals surface area contributed by atoms with Gasteiger partial charge in [0.2, 0.25) is 5.88 Å². The minimum Gasteiger partial charge on any atom is -0.493 e. The van der Waals surface area contributed by atoms with Crippen LogP contribution in [0.15, 0.2) is 6.33 Å². The Morgan fingerprint density at radius 1 is 0.941 bits per heavy atom. The molecule has 1 aromatic rings. The first-order chi connectivity index (χ1) is 8.29. The molecule has 0 atom stereocenters. The third kappa shape index (κ3) is 4.72. The van der Waals surface area contributed by atoms with Gasteiger partial charge in [-0.3, -0.25) is 0 Å². The van der Waals surface area contributed by atoms with Gasteiger partial charge in [0.1, 0.15) is 6.33 Å². The molecule has 1 N–H and O–H groups in total. The lowest BCUT2D eigenvalue weighted by atomic mass is 10.0. The highest BCUT2D eigenvalue weighted by atomic mass is 16.3. The second kappa shape index (κ2) is 8.04. The fraction of sp³-hybridized carbons (Fsp3) is 0.714. The topological polar surface area (TPSA) is 46.0 Å². The second-order valence-corrected chi connectivity index (χ2v) is 4.54. The highest BCUT2D eigenvalue weighted by Crippen LogP contribution is 2.20. The molecular formula is C14H24N2O. The summed E-state index contributed by atoms with van der Waals surface area (Å²) in [6.45, 7) is 4.38. The van der Waals surface area contributed by atoms with Crippen molar-refractivity contribution in [1.29, 1.82) is 0 Å². The number of unbranched alkanes of at least 4 members (excludes halogenated alkanes) is 4. The summed E-state index contributed by atoms with van der Waals surface area (Å²) < 4.78 is 0. The lowest BCUT2D eigenvalue weighted by Gasteiger charge is -2.09. The number of nitrogens with zero attached hydrogens (tertiary/aromatic N) is 2. The number of hydrogen-bond acceptors (Lipinski definition) is 3. The highest BCUT2D eigenvalue weighted by molar-refractivity contribution is 5.28. The smallest absolute Gasteiger partial charge is 0.217 e. The number of aryl methyl sites for hydroxylation is 1. The van der Waals surface area contributed by atoms with Gasteiger partial charge in [-0.05, 0) is 25.7 Å². The summed E-state index contributed by atoms with van der Waals surface area (Å²) >= 11 is 0. The number of hydrogen-bond donors (Lipinski definition) is 1. The van der Waals surface area contributed by atoms with Gasteiger partial charge in [-0.2, -0.15) is 0 Å². The number of aromatic hydroxyl groups is 1. The predicted octanol–water partition coefficient (Wildman–Crippen LogP) is 3.65. The van der Waals surface area contributed by atoms with E-state index in [1.165, 1.54) is 32.0 Å². The molecule has 0 aromatic carbocycles. The summed E-state index contributed by atoms with van der Waals surface area (Å²) in [5.41, 5.74) is 2.01. The molecule has 17 heavy (non-hydrogen) atoms. The lowest BCUT2D eigenvalue weighted by molar-refractivity contribution is 0.440. The van der Waals surface area contributed by atoms with E-state index in [0.717, 1.165) is 36.9 Å². The molecule has 0 fully saturated rings. The van der Waals surface area contributed by atoms with Crippen molar-refractivity contribution < 1.29 is 5.11 Å². The first-order valence-electron chi connectivity index (χ1n) is 6.81. The van der Waals surface area contributed by atoms with E-state index in [9.17, 15) is 5.11 Å². The van der Waals surface area contributed by atoms with Gasteiger partial charge in [0.25, 0.3) is 0 Å². The maximum absolute atomic E-state index is 9.80. The third-order valence-corrected chi connectivity index (χ3v) is 3.06. The number of aromatic nitrogens is 2. The molecule has 1 rings (SSSR count). The van der Waals surface area contributed by atoms with Crippen LogP contribution in [0.3, 0.4) is 0 Å². The Labute approximate surface area is 104 Å². The van der Waals surface area contributed by atoms with Crippen LogP contribution in [-0.2, 0) is 12.8 Å². The van der Waals surface area contributed by atoms with Crippen LogP contribution >= 0.6 is 0 Å². The zero-order valence-electron chi connectivity index (χ0n) is 11.1. The summed E-state index contributed by atoms with van der Waals surface area (Å²) in [7, 11) is 0. The molecule has 0 spiro atoms. The Balaban J connectivity index is 2.63. The average molecular weight is 236 g/mol. The lowest BCUT2D eigenvalue weighted by Crippen LogP contribution is -2.01. The van der Waals surface area contributed by atoms with Crippen molar-refractivity contribution in [1.82, 2.24) is 9.97 Å². The summed E-state index contributed by atoms with van der Waals surface area (Å²) in [5.74, 6) is 0.183. The fourth-order valence-electron chi connectivity index (χ4n) is 2.00. The molecule has 0 aliphatic rings. The van der Waals surface area contributed by atoms with Crippen molar-refractivity contribution >= 4 is 0 Å². The van der Waals surface area contributed by atoms with E-state index in [1.807, 2.05) is 0 Å². The summed E-state index contributed by atoms with van der Waals surface area (Å²) in [6, 6.07) is 0. The molecule has 0 saturated carbocycles. The molecule has 3 nitrogen and oxygen atoms in total. The maximum atomic E-state index is 9.80. The number of rotatable bonds is 8. The molecule has 1 aromatic heterocycles. The monoisotopic (exact) mass is 236 g/mol. The van der Waals surface area contributed by atoms with Crippen molar-refractivity contribution in [3.63, 3.8) is 0 Å². The van der Waals surface area contributed by atoms with Gasteiger partial charge < -0.3 is 5.11 Å². The average Bonchev–Trinajstić information content (AvgIpc) is 2.33. The molecule has 0 aliphatic carbocycles. The van der Waals surface area contributed by atoms with E-state index in [-0.39, 0.29) is 5.88 Å². The van der Waals surface area contributed by atoms with Crippen molar-refractivity contribution in [2.75, 3.05) is 0 Å². The Hall–Kier alpha value is -1.12. The molecule has 1 heterocycles. The zero-order valence-corrected chi connectivity index (χ0v) is 11.1. The molecule has 0 saturated heterocycles. The minimum absolute atomic E-state index is 0.183. The van der Waals surface area contributed by atoms with Gasteiger partial charge in [-0.15, -0.1) is 0 Å². The standard InChI is InChI=1S/C14H24N2O/c1-3-5-7-9-12-13(10-8-6-4-2)15-11-16-14(12)17/h11H,3-10H2,1-2H3,(H,15,16,17). The van der Waals surface area contributed by atoms with Crippen molar-refractivity contribution in [3.05, 3.63) is 17.6 Å². The van der Waals surface area contributed by atoms with Crippen LogP contribution < -0.4 is 0 Å². The van der Waals surface area contributed by atoms with Crippen LogP contribution in [0.1, 0.15) is 63.6 Å². The van der Waals surface area contributed by atoms with Gasteiger partial charge in [-0.1, -0.05) is 39.5 Å². The largest absolute Gasteiger partial charge is 0.493 e. The zero-order chi connectivity index (χ0) is 12.5. The minimum atomic E-state index is 0.183. The maximum Gasteiger partial charge on any atom is 0.217 e. The summed E-state index contributed by atoms with van der Waals surface area (Å²) in [6.07, 6.45) is 10.4. The molecule has 96 valence electrons. The van der Waals surface area contributed by atoms with Crippen LogP contribution in [0.2, 0.25) is 0 Å². The second-order valence-electron chi connectivity index (χ2n) is 4.54. The van der Waals surface area contributed by atoms with E-state index in [2.05, 4.69) is 23.8 Å². The van der Waals surface area contributed by atoms with Gasteiger partial charge in [0.05, 0.1) is 5.69 Å². The van der Waals surface area contributed by atoms with Crippen LogP contribution in [0.5, 0.6) is 5.88 Å². The molecule has 0 aliphatic heterocycles. The Kier molecular flexibility index (Phi) is 6.60. The molecule has 0 amide bonds. The molecule has 0 unspecified atom stereocenters. The van der Waals surface area contributed by atoms with Crippen LogP contribution in [0, 0.1) is 0 Å².